The largest absolute Gasteiger partial charge is 0.478 e. The number of halogens is 2. The Hall–Kier alpha value is -2.70. The number of nitrogens with one attached hydrogen (secondary N) is 1. The number of hydrogen-bond donors (Lipinski definition) is 2. The molecule has 0 aliphatic carbocycles. The van der Waals surface area contributed by atoms with E-state index in [0.29, 0.717) is 27.4 Å². The van der Waals surface area contributed by atoms with Gasteiger partial charge in [0.2, 0.25) is 0 Å². The summed E-state index contributed by atoms with van der Waals surface area (Å²) in [5, 5.41) is 17.9. The molecule has 0 unspecified atom stereocenters. The lowest BCUT2D eigenvalue weighted by atomic mass is 10.0. The van der Waals surface area contributed by atoms with E-state index in [0.717, 1.165) is 15.6 Å². The summed E-state index contributed by atoms with van der Waals surface area (Å²) in [7, 11) is 0. The number of nitrogens with zero attached hydrogens (tertiary/aromatic N) is 2. The topological polar surface area (TPSA) is 78.9 Å². The van der Waals surface area contributed by atoms with E-state index < -0.39 is 5.97 Å². The predicted octanol–water partition coefficient (Wildman–Crippen LogP) is 5.41. The minimum absolute atomic E-state index is 0.136. The highest BCUT2D eigenvalue weighted by molar-refractivity contribution is 9.10. The standard InChI is InChI=1S/C19H11BrClN3O2/c20-12-6-4-10(5-7-12)17-16-14(19(25)26)9-15(22-18(16)24-23-17)11-2-1-3-13(21)8-11/h1-9H,(H,25,26)(H,22,23,24). The van der Waals surface area contributed by atoms with Gasteiger partial charge in [-0.15, -0.1) is 0 Å². The molecule has 0 atom stereocenters. The van der Waals surface area contributed by atoms with Crippen molar-refractivity contribution in [2.45, 2.75) is 0 Å². The van der Waals surface area contributed by atoms with Gasteiger partial charge in [-0.1, -0.05) is 51.8 Å². The Morgan fingerprint density at radius 1 is 1.08 bits per heavy atom. The second-order valence-electron chi connectivity index (χ2n) is 5.67. The first-order chi connectivity index (χ1) is 12.5. The summed E-state index contributed by atoms with van der Waals surface area (Å²) < 4.78 is 0.935. The molecule has 4 aromatic rings. The number of carboxylic acids is 1. The van der Waals surface area contributed by atoms with Crippen LogP contribution in [0.15, 0.2) is 59.1 Å². The molecule has 0 saturated heterocycles. The third-order valence-corrected chi connectivity index (χ3v) is 4.77. The highest BCUT2D eigenvalue weighted by Crippen LogP contribution is 2.32. The van der Waals surface area contributed by atoms with E-state index >= 15 is 0 Å². The van der Waals surface area contributed by atoms with Gasteiger partial charge in [0, 0.05) is 20.6 Å². The number of carbonyl (C=O) groups is 1. The van der Waals surface area contributed by atoms with Crippen LogP contribution in [0.3, 0.4) is 0 Å². The Labute approximate surface area is 161 Å². The van der Waals surface area contributed by atoms with Crippen molar-refractivity contribution < 1.29 is 9.90 Å². The molecule has 0 bridgehead atoms. The number of aromatic nitrogens is 3. The number of aromatic carboxylic acids is 1. The number of aromatic amines is 1. The average molecular weight is 429 g/mol. The molecular formula is C19H11BrClN3O2. The van der Waals surface area contributed by atoms with E-state index in [2.05, 4.69) is 31.1 Å². The maximum Gasteiger partial charge on any atom is 0.336 e. The summed E-state index contributed by atoms with van der Waals surface area (Å²) in [6.07, 6.45) is 0. The number of rotatable bonds is 3. The highest BCUT2D eigenvalue weighted by Gasteiger charge is 2.19. The van der Waals surface area contributed by atoms with Crippen LogP contribution >= 0.6 is 27.5 Å². The van der Waals surface area contributed by atoms with Crippen molar-refractivity contribution in [1.29, 1.82) is 0 Å². The van der Waals surface area contributed by atoms with Crippen molar-refractivity contribution in [3.05, 3.63) is 69.7 Å². The van der Waals surface area contributed by atoms with Crippen molar-refractivity contribution >= 4 is 44.5 Å². The van der Waals surface area contributed by atoms with Gasteiger partial charge in [0.1, 0.15) is 0 Å². The molecule has 2 heterocycles. The second kappa shape index (κ2) is 6.55. The van der Waals surface area contributed by atoms with Crippen molar-refractivity contribution in [1.82, 2.24) is 15.2 Å². The van der Waals surface area contributed by atoms with E-state index in [1.54, 1.807) is 24.3 Å². The fourth-order valence-electron chi connectivity index (χ4n) is 2.81. The fraction of sp³-hybridized carbons (Fsp3) is 0. The summed E-state index contributed by atoms with van der Waals surface area (Å²) >= 11 is 9.44. The Morgan fingerprint density at radius 2 is 1.85 bits per heavy atom. The monoisotopic (exact) mass is 427 g/mol. The molecule has 2 aromatic carbocycles. The van der Waals surface area contributed by atoms with Crippen molar-refractivity contribution in [3.63, 3.8) is 0 Å². The molecule has 0 spiro atoms. The first-order valence-corrected chi connectivity index (χ1v) is 8.84. The number of hydrogen-bond acceptors (Lipinski definition) is 3. The SMILES string of the molecule is O=C(O)c1cc(-c2cccc(Cl)c2)nc2n[nH]c(-c3ccc(Br)cc3)c12. The lowest BCUT2D eigenvalue weighted by Gasteiger charge is -2.06. The minimum Gasteiger partial charge on any atom is -0.478 e. The lowest BCUT2D eigenvalue weighted by Crippen LogP contribution is -2.00. The van der Waals surface area contributed by atoms with Gasteiger partial charge in [-0.25, -0.2) is 9.78 Å². The average Bonchev–Trinajstić information content (AvgIpc) is 3.05. The normalized spacial score (nSPS) is 11.0. The molecule has 0 fully saturated rings. The van der Waals surface area contributed by atoms with Crippen LogP contribution in [0.5, 0.6) is 0 Å². The smallest absolute Gasteiger partial charge is 0.336 e. The Morgan fingerprint density at radius 3 is 2.54 bits per heavy atom. The highest BCUT2D eigenvalue weighted by atomic mass is 79.9. The van der Waals surface area contributed by atoms with Crippen LogP contribution in [0.4, 0.5) is 0 Å². The molecule has 0 aliphatic rings. The van der Waals surface area contributed by atoms with Gasteiger partial charge in [-0.3, -0.25) is 5.10 Å². The van der Waals surface area contributed by atoms with Crippen LogP contribution < -0.4 is 0 Å². The number of fused-ring (bicyclic) bond motifs is 1. The minimum atomic E-state index is -1.04. The summed E-state index contributed by atoms with van der Waals surface area (Å²) in [6, 6.07) is 16.2. The second-order valence-corrected chi connectivity index (χ2v) is 7.03. The van der Waals surface area contributed by atoms with Crippen molar-refractivity contribution in [2.75, 3.05) is 0 Å². The number of benzene rings is 2. The Bertz CT molecular complexity index is 1140. The van der Waals surface area contributed by atoms with E-state index in [9.17, 15) is 9.90 Å². The number of H-pyrrole nitrogens is 1. The third kappa shape index (κ3) is 2.98. The maximum absolute atomic E-state index is 11.9. The maximum atomic E-state index is 11.9. The van der Waals surface area contributed by atoms with E-state index in [4.69, 9.17) is 11.6 Å². The van der Waals surface area contributed by atoms with Crippen LogP contribution in [-0.2, 0) is 0 Å². The molecule has 0 aliphatic heterocycles. The van der Waals surface area contributed by atoms with Crippen molar-refractivity contribution in [2.24, 2.45) is 0 Å². The molecule has 2 aromatic heterocycles. The zero-order valence-electron chi connectivity index (χ0n) is 13.2. The van der Waals surface area contributed by atoms with Gasteiger partial charge < -0.3 is 5.11 Å². The summed E-state index contributed by atoms with van der Waals surface area (Å²) in [5.74, 6) is -1.04. The van der Waals surface area contributed by atoms with Gasteiger partial charge in [0.25, 0.3) is 0 Å². The third-order valence-electron chi connectivity index (χ3n) is 4.01. The molecular weight excluding hydrogens is 418 g/mol. The number of carboxylic acid groups (broad SMARTS) is 1. The summed E-state index contributed by atoms with van der Waals surface area (Å²) in [4.78, 5) is 16.4. The summed E-state index contributed by atoms with van der Waals surface area (Å²) in [5.41, 5.74) is 3.17. The zero-order chi connectivity index (χ0) is 18.3. The van der Waals surface area contributed by atoms with Crippen LogP contribution in [0.2, 0.25) is 5.02 Å². The van der Waals surface area contributed by atoms with Gasteiger partial charge in [0.05, 0.1) is 22.3 Å². The fourth-order valence-corrected chi connectivity index (χ4v) is 3.27. The first kappa shape index (κ1) is 16.8. The Kier molecular flexibility index (Phi) is 4.22. The molecule has 2 N–H and O–H groups in total. The molecule has 0 amide bonds. The molecule has 0 saturated carbocycles. The summed E-state index contributed by atoms with van der Waals surface area (Å²) in [6.45, 7) is 0. The van der Waals surface area contributed by atoms with Gasteiger partial charge >= 0.3 is 5.97 Å². The van der Waals surface area contributed by atoms with Crippen LogP contribution in [-0.4, -0.2) is 26.3 Å². The molecule has 128 valence electrons. The Balaban J connectivity index is 1.96. The van der Waals surface area contributed by atoms with E-state index in [-0.39, 0.29) is 5.56 Å². The lowest BCUT2D eigenvalue weighted by molar-refractivity contribution is 0.0699. The van der Waals surface area contributed by atoms with Crippen LogP contribution in [0, 0.1) is 0 Å². The molecule has 4 rings (SSSR count). The van der Waals surface area contributed by atoms with Gasteiger partial charge in [-0.2, -0.15) is 5.10 Å². The number of pyridine rings is 1. The van der Waals surface area contributed by atoms with Gasteiger partial charge in [0.15, 0.2) is 5.65 Å². The first-order valence-electron chi connectivity index (χ1n) is 7.67. The molecule has 26 heavy (non-hydrogen) atoms. The van der Waals surface area contributed by atoms with E-state index in [1.165, 1.54) is 0 Å². The molecule has 7 heteroatoms. The predicted molar refractivity (Wildman–Crippen MR) is 104 cm³/mol. The van der Waals surface area contributed by atoms with Crippen LogP contribution in [0.1, 0.15) is 10.4 Å². The molecule has 0 radical (unpaired) electrons. The molecule has 5 nitrogen and oxygen atoms in total. The van der Waals surface area contributed by atoms with Crippen molar-refractivity contribution in [3.8, 4) is 22.5 Å². The van der Waals surface area contributed by atoms with Crippen LogP contribution in [0.25, 0.3) is 33.5 Å². The quantitative estimate of drug-likeness (QED) is 0.457. The van der Waals surface area contributed by atoms with Gasteiger partial charge in [-0.05, 0) is 30.3 Å². The van der Waals surface area contributed by atoms with E-state index in [1.807, 2.05) is 30.3 Å². The zero-order valence-corrected chi connectivity index (χ0v) is 15.5.